The van der Waals surface area contributed by atoms with E-state index in [4.69, 9.17) is 0 Å². The molecule has 3 rings (SSSR count). The van der Waals surface area contributed by atoms with Crippen LogP contribution in [-0.4, -0.2) is 17.4 Å². The lowest BCUT2D eigenvalue weighted by molar-refractivity contribution is 0.0944. The van der Waals surface area contributed by atoms with Crippen molar-refractivity contribution in [2.24, 2.45) is 0 Å². The van der Waals surface area contributed by atoms with Crippen LogP contribution in [0.2, 0.25) is 0 Å². The van der Waals surface area contributed by atoms with Crippen molar-refractivity contribution in [3.05, 3.63) is 65.5 Å². The molecule has 1 saturated carbocycles. The van der Waals surface area contributed by atoms with E-state index < -0.39 is 0 Å². The first-order valence-electron chi connectivity index (χ1n) is 6.97. The summed E-state index contributed by atoms with van der Waals surface area (Å²) in [5.74, 6) is -0.0871. The Bertz CT molecular complexity index is 618. The number of amides is 1. The standard InChI is InChI=1S/C17H18N2O/c1-13-6-5-9-15(19-13)16(20)18-12-17(10-11-17)14-7-3-2-4-8-14/h2-9H,10-12H2,1H3,(H,18,20). The van der Waals surface area contributed by atoms with Crippen LogP contribution in [0.3, 0.4) is 0 Å². The average Bonchev–Trinajstić information content (AvgIpc) is 3.27. The van der Waals surface area contributed by atoms with E-state index >= 15 is 0 Å². The summed E-state index contributed by atoms with van der Waals surface area (Å²) in [6, 6.07) is 15.9. The minimum absolute atomic E-state index is 0.0871. The van der Waals surface area contributed by atoms with Crippen LogP contribution in [0.1, 0.15) is 34.6 Å². The maximum absolute atomic E-state index is 12.1. The van der Waals surface area contributed by atoms with Crippen molar-refractivity contribution in [2.75, 3.05) is 6.54 Å². The van der Waals surface area contributed by atoms with Crippen LogP contribution in [0.15, 0.2) is 48.5 Å². The number of nitrogens with zero attached hydrogens (tertiary/aromatic N) is 1. The van der Waals surface area contributed by atoms with Gasteiger partial charge >= 0.3 is 0 Å². The molecule has 1 heterocycles. The van der Waals surface area contributed by atoms with Crippen molar-refractivity contribution in [3.63, 3.8) is 0 Å². The molecule has 1 aromatic heterocycles. The van der Waals surface area contributed by atoms with Crippen LogP contribution in [-0.2, 0) is 5.41 Å². The van der Waals surface area contributed by atoms with Gasteiger partial charge < -0.3 is 5.32 Å². The molecule has 3 nitrogen and oxygen atoms in total. The second-order valence-corrected chi connectivity index (χ2v) is 5.49. The highest BCUT2D eigenvalue weighted by Gasteiger charge is 2.44. The quantitative estimate of drug-likeness (QED) is 0.924. The third-order valence-electron chi connectivity index (χ3n) is 3.95. The minimum Gasteiger partial charge on any atom is -0.350 e. The van der Waals surface area contributed by atoms with E-state index in [9.17, 15) is 4.79 Å². The predicted octanol–water partition coefficient (Wildman–Crippen LogP) is 2.85. The first kappa shape index (κ1) is 12.9. The van der Waals surface area contributed by atoms with Gasteiger partial charge in [-0.3, -0.25) is 4.79 Å². The van der Waals surface area contributed by atoms with Gasteiger partial charge in [0.2, 0.25) is 0 Å². The monoisotopic (exact) mass is 266 g/mol. The number of rotatable bonds is 4. The van der Waals surface area contributed by atoms with E-state index in [-0.39, 0.29) is 11.3 Å². The zero-order chi connectivity index (χ0) is 14.0. The number of carbonyl (C=O) groups is 1. The van der Waals surface area contributed by atoms with Crippen LogP contribution in [0.25, 0.3) is 0 Å². The van der Waals surface area contributed by atoms with Gasteiger partial charge in [-0.1, -0.05) is 36.4 Å². The molecule has 0 bridgehead atoms. The van der Waals surface area contributed by atoms with Gasteiger partial charge in [0.15, 0.2) is 0 Å². The summed E-state index contributed by atoms with van der Waals surface area (Å²) in [5.41, 5.74) is 2.81. The second-order valence-electron chi connectivity index (χ2n) is 5.49. The van der Waals surface area contributed by atoms with Gasteiger partial charge in [-0.25, -0.2) is 4.98 Å². The number of carbonyl (C=O) groups excluding carboxylic acids is 1. The van der Waals surface area contributed by atoms with E-state index in [1.54, 1.807) is 6.07 Å². The van der Waals surface area contributed by atoms with E-state index in [0.29, 0.717) is 12.2 Å². The highest BCUT2D eigenvalue weighted by Crippen LogP contribution is 2.47. The molecule has 0 radical (unpaired) electrons. The van der Waals surface area contributed by atoms with Crippen molar-refractivity contribution >= 4 is 5.91 Å². The molecular formula is C17H18N2O. The average molecular weight is 266 g/mol. The number of aromatic nitrogens is 1. The van der Waals surface area contributed by atoms with E-state index in [1.807, 2.05) is 25.1 Å². The lowest BCUT2D eigenvalue weighted by Gasteiger charge is -2.16. The Kier molecular flexibility index (Phi) is 3.26. The van der Waals surface area contributed by atoms with Crippen molar-refractivity contribution in [1.29, 1.82) is 0 Å². The van der Waals surface area contributed by atoms with E-state index in [1.165, 1.54) is 5.56 Å². The van der Waals surface area contributed by atoms with Gasteiger partial charge in [-0.15, -0.1) is 0 Å². The van der Waals surface area contributed by atoms with E-state index in [2.05, 4.69) is 34.6 Å². The lowest BCUT2D eigenvalue weighted by Crippen LogP contribution is -2.32. The van der Waals surface area contributed by atoms with Crippen LogP contribution in [0.5, 0.6) is 0 Å². The molecule has 0 saturated heterocycles. The van der Waals surface area contributed by atoms with Gasteiger partial charge in [0.05, 0.1) is 0 Å². The molecule has 20 heavy (non-hydrogen) atoms. The Labute approximate surface area is 119 Å². The fourth-order valence-corrected chi connectivity index (χ4v) is 2.52. The minimum atomic E-state index is -0.0871. The predicted molar refractivity (Wildman–Crippen MR) is 78.7 cm³/mol. The third-order valence-corrected chi connectivity index (χ3v) is 3.95. The zero-order valence-electron chi connectivity index (χ0n) is 11.6. The first-order valence-corrected chi connectivity index (χ1v) is 6.97. The molecule has 1 aliphatic rings. The van der Waals surface area contributed by atoms with Crippen molar-refractivity contribution in [3.8, 4) is 0 Å². The zero-order valence-corrected chi connectivity index (χ0v) is 11.6. The first-order chi connectivity index (χ1) is 9.70. The Hall–Kier alpha value is -2.16. The Balaban J connectivity index is 1.67. The lowest BCUT2D eigenvalue weighted by atomic mass is 9.96. The molecule has 0 aliphatic heterocycles. The molecule has 1 aliphatic carbocycles. The smallest absolute Gasteiger partial charge is 0.269 e. The molecular weight excluding hydrogens is 248 g/mol. The molecule has 0 unspecified atom stereocenters. The summed E-state index contributed by atoms with van der Waals surface area (Å²) in [6.45, 7) is 2.58. The number of aryl methyl sites for hydroxylation is 1. The van der Waals surface area contributed by atoms with Gasteiger partial charge in [-0.05, 0) is 37.5 Å². The van der Waals surface area contributed by atoms with Gasteiger partial charge in [0, 0.05) is 17.7 Å². The van der Waals surface area contributed by atoms with Crippen LogP contribution in [0, 0.1) is 6.92 Å². The second kappa shape index (κ2) is 5.08. The summed E-state index contributed by atoms with van der Waals surface area (Å²) < 4.78 is 0. The normalized spacial score (nSPS) is 15.7. The maximum Gasteiger partial charge on any atom is 0.269 e. The highest BCUT2D eigenvalue weighted by molar-refractivity contribution is 5.92. The Morgan fingerprint density at radius 1 is 1.15 bits per heavy atom. The van der Waals surface area contributed by atoms with E-state index in [0.717, 1.165) is 18.5 Å². The number of benzene rings is 1. The molecule has 1 aromatic carbocycles. The fraction of sp³-hybridized carbons (Fsp3) is 0.294. The van der Waals surface area contributed by atoms with Crippen LogP contribution >= 0.6 is 0 Å². The highest BCUT2D eigenvalue weighted by atomic mass is 16.1. The van der Waals surface area contributed by atoms with Crippen LogP contribution in [0.4, 0.5) is 0 Å². The van der Waals surface area contributed by atoms with Crippen molar-refractivity contribution < 1.29 is 4.79 Å². The molecule has 1 N–H and O–H groups in total. The maximum atomic E-state index is 12.1. The Morgan fingerprint density at radius 3 is 2.55 bits per heavy atom. The Morgan fingerprint density at radius 2 is 1.90 bits per heavy atom. The van der Waals surface area contributed by atoms with Crippen LogP contribution < -0.4 is 5.32 Å². The number of hydrogen-bond acceptors (Lipinski definition) is 2. The summed E-state index contributed by atoms with van der Waals surface area (Å²) in [6.07, 6.45) is 2.27. The topological polar surface area (TPSA) is 42.0 Å². The van der Waals surface area contributed by atoms with Crippen molar-refractivity contribution in [2.45, 2.75) is 25.2 Å². The molecule has 102 valence electrons. The molecule has 1 amide bonds. The molecule has 0 atom stereocenters. The van der Waals surface area contributed by atoms with Crippen molar-refractivity contribution in [1.82, 2.24) is 10.3 Å². The SMILES string of the molecule is Cc1cccc(C(=O)NCC2(c3ccccc3)CC2)n1. The molecule has 1 fully saturated rings. The number of nitrogens with one attached hydrogen (secondary N) is 1. The summed E-state index contributed by atoms with van der Waals surface area (Å²) in [7, 11) is 0. The fourth-order valence-electron chi connectivity index (χ4n) is 2.52. The third kappa shape index (κ3) is 2.57. The number of pyridine rings is 1. The summed E-state index contributed by atoms with van der Waals surface area (Å²) in [5, 5.41) is 3.03. The summed E-state index contributed by atoms with van der Waals surface area (Å²) >= 11 is 0. The van der Waals surface area contributed by atoms with Gasteiger partial charge in [-0.2, -0.15) is 0 Å². The molecule has 0 spiro atoms. The summed E-state index contributed by atoms with van der Waals surface area (Å²) in [4.78, 5) is 16.4. The molecule has 2 aromatic rings. The largest absolute Gasteiger partial charge is 0.350 e. The van der Waals surface area contributed by atoms with Gasteiger partial charge in [0.1, 0.15) is 5.69 Å². The molecule has 3 heteroatoms. The van der Waals surface area contributed by atoms with Gasteiger partial charge in [0.25, 0.3) is 5.91 Å². The number of hydrogen-bond donors (Lipinski definition) is 1.